The molecule has 0 radical (unpaired) electrons. The quantitative estimate of drug-likeness (QED) is 0.648. The van der Waals surface area contributed by atoms with Crippen molar-refractivity contribution in [3.05, 3.63) is 0 Å². The van der Waals surface area contributed by atoms with Crippen LogP contribution in [0.25, 0.3) is 0 Å². The smallest absolute Gasteiger partial charge is 0.234 e. The fraction of sp³-hybridized carbons (Fsp3) is 0.929. The van der Waals surface area contributed by atoms with Crippen molar-refractivity contribution in [1.29, 1.82) is 0 Å². The van der Waals surface area contributed by atoms with Gasteiger partial charge in [-0.15, -0.1) is 0 Å². The molecule has 0 aromatic carbocycles. The Labute approximate surface area is 111 Å². The van der Waals surface area contributed by atoms with E-state index in [0.29, 0.717) is 12.6 Å². The zero-order valence-corrected chi connectivity index (χ0v) is 11.7. The fourth-order valence-electron chi connectivity index (χ4n) is 2.59. The molecular formula is C14H28N2O2. The van der Waals surface area contributed by atoms with Crippen molar-refractivity contribution >= 4 is 5.91 Å². The molecule has 0 aromatic heterocycles. The first-order chi connectivity index (χ1) is 8.77. The molecule has 1 heterocycles. The van der Waals surface area contributed by atoms with E-state index in [9.17, 15) is 4.79 Å². The summed E-state index contributed by atoms with van der Waals surface area (Å²) in [6.45, 7) is 4.67. The first kappa shape index (κ1) is 15.4. The lowest BCUT2D eigenvalue weighted by molar-refractivity contribution is -0.123. The number of unbranched alkanes of at least 4 members (excludes halogenated alkanes) is 2. The molecule has 1 unspecified atom stereocenters. The predicted molar refractivity (Wildman–Crippen MR) is 73.4 cm³/mol. The minimum absolute atomic E-state index is 0.135. The van der Waals surface area contributed by atoms with Gasteiger partial charge in [-0.25, -0.2) is 0 Å². The summed E-state index contributed by atoms with van der Waals surface area (Å²) < 4.78 is 0. The Morgan fingerprint density at radius 1 is 1.39 bits per heavy atom. The van der Waals surface area contributed by atoms with Crippen LogP contribution < -0.4 is 5.32 Å². The Kier molecular flexibility index (Phi) is 8.01. The van der Waals surface area contributed by atoms with E-state index in [-0.39, 0.29) is 12.5 Å². The topological polar surface area (TPSA) is 52.6 Å². The maximum absolute atomic E-state index is 11.8. The Hall–Kier alpha value is -0.610. The van der Waals surface area contributed by atoms with Gasteiger partial charge in [0.05, 0.1) is 6.54 Å². The lowest BCUT2D eigenvalue weighted by atomic mass is 10.00. The Morgan fingerprint density at radius 2 is 2.22 bits per heavy atom. The minimum Gasteiger partial charge on any atom is -0.396 e. The Morgan fingerprint density at radius 3 is 2.94 bits per heavy atom. The number of amides is 1. The van der Waals surface area contributed by atoms with Gasteiger partial charge in [0.1, 0.15) is 0 Å². The number of nitrogens with one attached hydrogen (secondary N) is 1. The van der Waals surface area contributed by atoms with E-state index in [2.05, 4.69) is 17.1 Å². The molecule has 4 heteroatoms. The third-order valence-electron chi connectivity index (χ3n) is 3.66. The predicted octanol–water partition coefficient (Wildman–Crippen LogP) is 1.53. The molecule has 0 spiro atoms. The average Bonchev–Trinajstić information content (AvgIpc) is 2.37. The van der Waals surface area contributed by atoms with E-state index in [4.69, 9.17) is 5.11 Å². The molecule has 1 aliphatic rings. The highest BCUT2D eigenvalue weighted by Crippen LogP contribution is 2.18. The number of hydrogen-bond acceptors (Lipinski definition) is 3. The Balaban J connectivity index is 2.23. The molecule has 1 saturated heterocycles. The second kappa shape index (κ2) is 9.34. The molecule has 0 saturated carbocycles. The molecule has 0 aliphatic carbocycles. The summed E-state index contributed by atoms with van der Waals surface area (Å²) in [6, 6.07) is 0.394. The van der Waals surface area contributed by atoms with Crippen LogP contribution in [0.15, 0.2) is 0 Å². The SMILES string of the molecule is CCCCCNC(=O)CN1CCCCC1CCO. The van der Waals surface area contributed by atoms with E-state index in [0.717, 1.165) is 32.4 Å². The van der Waals surface area contributed by atoms with Crippen LogP contribution in [0.2, 0.25) is 0 Å². The summed E-state index contributed by atoms with van der Waals surface area (Å²) in [5.41, 5.74) is 0. The van der Waals surface area contributed by atoms with E-state index >= 15 is 0 Å². The van der Waals surface area contributed by atoms with Crippen molar-refractivity contribution in [2.45, 2.75) is 57.9 Å². The van der Waals surface area contributed by atoms with Crippen LogP contribution >= 0.6 is 0 Å². The van der Waals surface area contributed by atoms with Crippen LogP contribution in [0.3, 0.4) is 0 Å². The van der Waals surface area contributed by atoms with E-state index in [1.807, 2.05) is 0 Å². The molecule has 2 N–H and O–H groups in total. The first-order valence-corrected chi connectivity index (χ1v) is 7.39. The van der Waals surface area contributed by atoms with Gasteiger partial charge in [0.25, 0.3) is 0 Å². The van der Waals surface area contributed by atoms with Gasteiger partial charge in [-0.3, -0.25) is 9.69 Å². The highest BCUT2D eigenvalue weighted by atomic mass is 16.3. The number of piperidine rings is 1. The summed E-state index contributed by atoms with van der Waals surface area (Å²) in [6.07, 6.45) is 7.73. The van der Waals surface area contributed by atoms with Gasteiger partial charge >= 0.3 is 0 Å². The molecule has 1 rings (SSSR count). The number of carbonyl (C=O) groups excluding carboxylic acids is 1. The highest BCUT2D eigenvalue weighted by molar-refractivity contribution is 5.78. The number of rotatable bonds is 8. The molecule has 4 nitrogen and oxygen atoms in total. The molecule has 1 aliphatic heterocycles. The van der Waals surface area contributed by atoms with Gasteiger partial charge < -0.3 is 10.4 Å². The van der Waals surface area contributed by atoms with Crippen molar-refractivity contribution in [2.75, 3.05) is 26.2 Å². The number of likely N-dealkylation sites (tertiary alicyclic amines) is 1. The lowest BCUT2D eigenvalue weighted by Crippen LogP contribution is -2.46. The van der Waals surface area contributed by atoms with Crippen LogP contribution in [0.4, 0.5) is 0 Å². The van der Waals surface area contributed by atoms with Gasteiger partial charge in [-0.1, -0.05) is 26.2 Å². The molecule has 1 amide bonds. The number of nitrogens with zero attached hydrogens (tertiary/aromatic N) is 1. The molecule has 106 valence electrons. The second-order valence-electron chi connectivity index (χ2n) is 5.19. The van der Waals surface area contributed by atoms with Gasteiger partial charge in [-0.05, 0) is 32.2 Å². The largest absolute Gasteiger partial charge is 0.396 e. The third kappa shape index (κ3) is 5.83. The Bertz CT molecular complexity index is 232. The minimum atomic E-state index is 0.135. The highest BCUT2D eigenvalue weighted by Gasteiger charge is 2.23. The van der Waals surface area contributed by atoms with E-state index in [1.165, 1.54) is 25.7 Å². The van der Waals surface area contributed by atoms with Crippen LogP contribution in [0, 0.1) is 0 Å². The maximum atomic E-state index is 11.8. The van der Waals surface area contributed by atoms with E-state index < -0.39 is 0 Å². The zero-order chi connectivity index (χ0) is 13.2. The normalized spacial score (nSPS) is 20.9. The average molecular weight is 256 g/mol. The van der Waals surface area contributed by atoms with Crippen LogP contribution in [-0.2, 0) is 4.79 Å². The summed E-state index contributed by atoms with van der Waals surface area (Å²) in [7, 11) is 0. The number of carbonyl (C=O) groups is 1. The van der Waals surface area contributed by atoms with Gasteiger partial charge in [0.15, 0.2) is 0 Å². The monoisotopic (exact) mass is 256 g/mol. The summed E-state index contributed by atoms with van der Waals surface area (Å²) in [4.78, 5) is 14.0. The number of aliphatic hydroxyl groups is 1. The van der Waals surface area contributed by atoms with Crippen LogP contribution in [0.1, 0.15) is 51.9 Å². The molecule has 18 heavy (non-hydrogen) atoms. The molecular weight excluding hydrogens is 228 g/mol. The molecule has 1 fully saturated rings. The van der Waals surface area contributed by atoms with Gasteiger partial charge in [-0.2, -0.15) is 0 Å². The number of aliphatic hydroxyl groups excluding tert-OH is 1. The van der Waals surface area contributed by atoms with Crippen molar-refractivity contribution in [1.82, 2.24) is 10.2 Å². The third-order valence-corrected chi connectivity index (χ3v) is 3.66. The molecule has 1 atom stereocenters. The van der Waals surface area contributed by atoms with Crippen molar-refractivity contribution in [2.24, 2.45) is 0 Å². The maximum Gasteiger partial charge on any atom is 0.234 e. The van der Waals surface area contributed by atoms with Crippen molar-refractivity contribution in [3.8, 4) is 0 Å². The van der Waals surface area contributed by atoms with Crippen LogP contribution in [-0.4, -0.2) is 48.2 Å². The van der Waals surface area contributed by atoms with Crippen LogP contribution in [0.5, 0.6) is 0 Å². The summed E-state index contributed by atoms with van der Waals surface area (Å²) in [5, 5.41) is 12.0. The second-order valence-corrected chi connectivity index (χ2v) is 5.19. The standard InChI is InChI=1S/C14H28N2O2/c1-2-3-5-9-15-14(18)12-16-10-6-4-7-13(16)8-11-17/h13,17H,2-12H2,1H3,(H,15,18). The van der Waals surface area contributed by atoms with Gasteiger partial charge in [0.2, 0.25) is 5.91 Å². The van der Waals surface area contributed by atoms with Crippen molar-refractivity contribution in [3.63, 3.8) is 0 Å². The summed E-state index contributed by atoms with van der Waals surface area (Å²) in [5.74, 6) is 0.135. The molecule has 0 bridgehead atoms. The zero-order valence-electron chi connectivity index (χ0n) is 11.7. The summed E-state index contributed by atoms with van der Waals surface area (Å²) >= 11 is 0. The van der Waals surface area contributed by atoms with Gasteiger partial charge in [0, 0.05) is 19.2 Å². The van der Waals surface area contributed by atoms with Crippen molar-refractivity contribution < 1.29 is 9.90 Å². The first-order valence-electron chi connectivity index (χ1n) is 7.39. The fourth-order valence-corrected chi connectivity index (χ4v) is 2.59. The molecule has 0 aromatic rings. The number of hydrogen-bond donors (Lipinski definition) is 2. The van der Waals surface area contributed by atoms with E-state index in [1.54, 1.807) is 0 Å². The lowest BCUT2D eigenvalue weighted by Gasteiger charge is -2.34.